The normalized spacial score (nSPS) is 27.4. The van der Waals surface area contributed by atoms with E-state index in [9.17, 15) is 18.7 Å². The van der Waals surface area contributed by atoms with E-state index >= 15 is 8.78 Å². The Morgan fingerprint density at radius 2 is 1.07 bits per heavy atom. The van der Waals surface area contributed by atoms with Crippen LogP contribution in [-0.4, -0.2) is 114 Å². The fraction of sp³-hybridized carbons (Fsp3) is 0.745. The lowest BCUT2D eigenvalue weighted by Crippen LogP contribution is -2.37. The first kappa shape index (κ1) is 57.4. The van der Waals surface area contributed by atoms with E-state index in [1.165, 1.54) is 73.2 Å². The van der Waals surface area contributed by atoms with Crippen molar-refractivity contribution in [3.05, 3.63) is 25.3 Å². The van der Waals surface area contributed by atoms with Crippen molar-refractivity contribution in [1.82, 2.24) is 39.0 Å². The maximum absolute atomic E-state index is 17.1. The number of imidazole rings is 2. The van der Waals surface area contributed by atoms with Crippen LogP contribution in [0.15, 0.2) is 25.3 Å². The van der Waals surface area contributed by atoms with Gasteiger partial charge >= 0.3 is 27.4 Å². The van der Waals surface area contributed by atoms with Gasteiger partial charge in [-0.1, -0.05) is 117 Å². The Bertz CT molecular complexity index is 2340. The maximum atomic E-state index is 17.1. The van der Waals surface area contributed by atoms with Gasteiger partial charge in [0.1, 0.15) is 42.0 Å². The van der Waals surface area contributed by atoms with Crippen LogP contribution >= 0.6 is 15.4 Å². The number of aromatic nitrogens is 8. The second-order valence-corrected chi connectivity index (χ2v) is 22.6. The molecule has 0 amide bonds. The number of hydrogen-bond donors (Lipinski definition) is 2. The maximum Gasteiger partial charge on any atom is 0.478 e. The first-order chi connectivity index (χ1) is 35.8. The molecule has 0 radical (unpaired) electrons. The number of nitrogens with zero attached hydrogens (tertiary/aromatic N) is 8. The molecule has 27 heteroatoms. The molecule has 0 bridgehead atoms. The predicted octanol–water partition coefficient (Wildman–Crippen LogP) is 9.67. The van der Waals surface area contributed by atoms with Gasteiger partial charge in [0.15, 0.2) is 47.7 Å². The molecule has 3 saturated heterocycles. The Balaban J connectivity index is 1.09. The second kappa shape index (κ2) is 28.2. The zero-order chi connectivity index (χ0) is 52.5. The van der Waals surface area contributed by atoms with Gasteiger partial charge in [0.2, 0.25) is 13.6 Å². The highest BCUT2D eigenvalue weighted by Gasteiger charge is 2.55. The SMILES string of the molecule is CCCCCCCCCCCC(=O)OCOP1(=O)CC[C@H]2O[C@@H](n3cnc4c(N)ncnc43)[C@H](F)[C@@H]2OP(=O)(OCOC(=O)CCCCCCCCCCC)OC[C@H]2O[C@@H](n3cnc4c(N)ncnc43)[C@H](F)[C@@H]2O1. The van der Waals surface area contributed by atoms with Crippen LogP contribution in [0.3, 0.4) is 0 Å². The van der Waals surface area contributed by atoms with Crippen LogP contribution in [0.25, 0.3) is 22.3 Å². The number of esters is 2. The van der Waals surface area contributed by atoms with E-state index < -0.39 is 109 Å². The Morgan fingerprint density at radius 3 is 1.57 bits per heavy atom. The fourth-order valence-electron chi connectivity index (χ4n) is 9.23. The lowest BCUT2D eigenvalue weighted by molar-refractivity contribution is -0.152. The van der Waals surface area contributed by atoms with E-state index in [1.807, 2.05) is 0 Å². The fourth-order valence-corrected chi connectivity index (χ4v) is 12.2. The quantitative estimate of drug-likeness (QED) is 0.0231. The number of halogens is 2. The summed E-state index contributed by atoms with van der Waals surface area (Å²) in [6.07, 6.45) is 8.31. The number of carbonyl (C=O) groups is 2. The van der Waals surface area contributed by atoms with E-state index in [0.717, 1.165) is 64.0 Å². The molecule has 3 aliphatic heterocycles. The number of ether oxygens (including phenoxy) is 4. The molecule has 412 valence electrons. The van der Waals surface area contributed by atoms with Crippen LogP contribution in [-0.2, 0) is 60.3 Å². The minimum absolute atomic E-state index is 0.00221. The van der Waals surface area contributed by atoms with Gasteiger partial charge in [-0.2, -0.15) is 0 Å². The van der Waals surface area contributed by atoms with Crippen molar-refractivity contribution in [3.63, 3.8) is 0 Å². The number of hydrogen-bond acceptors (Lipinski definition) is 21. The Morgan fingerprint density at radius 1 is 0.622 bits per heavy atom. The molecule has 0 aromatic carbocycles. The van der Waals surface area contributed by atoms with Crippen LogP contribution < -0.4 is 11.5 Å². The third-order valence-corrected chi connectivity index (χ3v) is 16.6. The molecule has 23 nitrogen and oxygen atoms in total. The number of phosphoric ester groups is 1. The zero-order valence-electron chi connectivity index (χ0n) is 42.3. The third-order valence-electron chi connectivity index (χ3n) is 13.3. The van der Waals surface area contributed by atoms with Crippen molar-refractivity contribution < 1.29 is 69.1 Å². The van der Waals surface area contributed by atoms with Crippen molar-refractivity contribution in [1.29, 1.82) is 0 Å². The van der Waals surface area contributed by atoms with Gasteiger partial charge in [0.25, 0.3) is 0 Å². The Labute approximate surface area is 429 Å². The number of rotatable bonds is 28. The van der Waals surface area contributed by atoms with E-state index in [0.29, 0.717) is 12.8 Å². The van der Waals surface area contributed by atoms with Crippen molar-refractivity contribution in [2.45, 2.75) is 198 Å². The molecule has 0 aliphatic carbocycles. The molecule has 2 unspecified atom stereocenters. The lowest BCUT2D eigenvalue weighted by Gasteiger charge is -2.30. The molecule has 7 rings (SSSR count). The van der Waals surface area contributed by atoms with Crippen LogP contribution in [0.1, 0.15) is 161 Å². The molecular weight excluding hydrogens is 1010 g/mol. The highest BCUT2D eigenvalue weighted by Crippen LogP contribution is 2.58. The van der Waals surface area contributed by atoms with Gasteiger partial charge in [-0.3, -0.25) is 41.4 Å². The molecule has 3 aliphatic rings. The Hall–Kier alpha value is -4.32. The van der Waals surface area contributed by atoms with Gasteiger partial charge in [0, 0.05) is 12.8 Å². The Kier molecular flexibility index (Phi) is 21.8. The van der Waals surface area contributed by atoms with Crippen LogP contribution in [0.5, 0.6) is 0 Å². The van der Waals surface area contributed by atoms with Crippen molar-refractivity contribution in [3.8, 4) is 0 Å². The lowest BCUT2D eigenvalue weighted by atomic mass is 10.1. The third kappa shape index (κ3) is 15.4. The highest BCUT2D eigenvalue weighted by molar-refractivity contribution is 7.53. The summed E-state index contributed by atoms with van der Waals surface area (Å²) in [7, 11) is -9.67. The summed E-state index contributed by atoms with van der Waals surface area (Å²) in [4.78, 5) is 50.4. The number of alkyl halides is 2. The monoisotopic (exact) mass is 1080 g/mol. The van der Waals surface area contributed by atoms with Gasteiger partial charge in [-0.05, 0) is 19.3 Å². The molecule has 4 N–H and O–H groups in total. The molecule has 3 fully saturated rings. The number of carbonyl (C=O) groups excluding carboxylic acids is 2. The van der Waals surface area contributed by atoms with Gasteiger partial charge in [-0.15, -0.1) is 0 Å². The average Bonchev–Trinajstić information content (AvgIpc) is 4.16. The first-order valence-corrected chi connectivity index (χ1v) is 29.3. The number of phosphoric acid groups is 1. The van der Waals surface area contributed by atoms with Gasteiger partial charge < -0.3 is 30.4 Å². The molecular formula is C47H72F2N10O13P2. The molecule has 0 spiro atoms. The standard InChI is InChI=1S/C47H72F2N10O13P2/c1-3-5-7-9-11-13-15-17-19-21-34(60)64-30-67-73(62)24-23-32-40(36(48)46(69-32)58-28-56-38-42(50)52-26-54-44(38)58)72-74(63,68-31-65-35(61)22-20-18-16-14-12-10-8-6-4-2)66-25-33-41(71-73)37(49)47(70-33)59-29-57-39-43(51)53-27-55-45(39)59/h26-29,32-33,36-37,40-41,46-47H,3-25,30-31H2,1-2H3,(H2,50,52,54)(H2,51,53,55)/t32-,33-,36-,37-,40-,41-,46-,47-,73?,74?/m1/s1. The largest absolute Gasteiger partial charge is 0.478 e. The molecule has 4 aromatic heterocycles. The smallest absolute Gasteiger partial charge is 0.438 e. The van der Waals surface area contributed by atoms with E-state index in [1.54, 1.807) is 0 Å². The van der Waals surface area contributed by atoms with Gasteiger partial charge in [0.05, 0.1) is 31.5 Å². The number of nitrogen functional groups attached to an aromatic ring is 2. The minimum atomic E-state index is -5.06. The van der Waals surface area contributed by atoms with Crippen molar-refractivity contribution in [2.75, 3.05) is 37.8 Å². The summed E-state index contributed by atoms with van der Waals surface area (Å²) < 4.78 is 119. The summed E-state index contributed by atoms with van der Waals surface area (Å²) in [5.74, 6) is -1.25. The summed E-state index contributed by atoms with van der Waals surface area (Å²) in [6, 6.07) is 0. The predicted molar refractivity (Wildman–Crippen MR) is 265 cm³/mol. The summed E-state index contributed by atoms with van der Waals surface area (Å²) in [5.41, 5.74) is 12.5. The number of fused-ring (bicyclic) bond motifs is 4. The van der Waals surface area contributed by atoms with Crippen LogP contribution in [0, 0.1) is 0 Å². The molecule has 7 heterocycles. The van der Waals surface area contributed by atoms with Crippen LogP contribution in [0.4, 0.5) is 20.4 Å². The van der Waals surface area contributed by atoms with Crippen molar-refractivity contribution in [2.24, 2.45) is 0 Å². The summed E-state index contributed by atoms with van der Waals surface area (Å²) in [6.45, 7) is 1.71. The average molecular weight is 1090 g/mol. The molecule has 10 atom stereocenters. The van der Waals surface area contributed by atoms with Crippen LogP contribution in [0.2, 0.25) is 0 Å². The summed E-state index contributed by atoms with van der Waals surface area (Å²) >= 11 is 0. The van der Waals surface area contributed by atoms with E-state index in [2.05, 4.69) is 43.8 Å². The highest BCUT2D eigenvalue weighted by atomic mass is 31.2. The van der Waals surface area contributed by atoms with Gasteiger partial charge in [-0.25, -0.2) is 47.8 Å². The minimum Gasteiger partial charge on any atom is -0.438 e. The molecule has 74 heavy (non-hydrogen) atoms. The first-order valence-electron chi connectivity index (χ1n) is 26.1. The second-order valence-electron chi connectivity index (χ2n) is 18.9. The number of unbranched alkanes of at least 4 members (excludes halogenated alkanes) is 16. The number of nitrogens with two attached hydrogens (primary N) is 2. The zero-order valence-corrected chi connectivity index (χ0v) is 44.1. The number of anilines is 2. The van der Waals surface area contributed by atoms with Crippen molar-refractivity contribution >= 4 is 61.3 Å². The van der Waals surface area contributed by atoms with E-state index in [4.69, 9.17) is 53.0 Å². The molecule has 4 aromatic rings. The summed E-state index contributed by atoms with van der Waals surface area (Å²) in [5, 5.41) is 0. The topological polar surface area (TPSA) is 291 Å². The molecule has 0 saturated carbocycles. The van der Waals surface area contributed by atoms with E-state index in [-0.39, 0.29) is 46.8 Å².